The molecule has 12 heteroatoms. The van der Waals surface area contributed by atoms with Gasteiger partial charge in [0.2, 0.25) is 6.08 Å². The van der Waals surface area contributed by atoms with Crippen molar-refractivity contribution in [3.05, 3.63) is 0 Å². The SMILES string of the molecule is C[Si](C)(C)O[Si](C)(C)O[Si](C)(CCCOC(=O)NC1CCC(CC2CCC(N=C=O)CC2)CC1)O[Si](C)(C)C. The maximum Gasteiger partial charge on any atom is 0.407 e. The molecule has 0 aromatic heterocycles. The number of isocyanates is 1. The molecule has 0 aromatic rings. The first kappa shape index (κ1) is 34.6. The second-order valence-corrected chi connectivity index (χ2v) is 30.8. The van der Waals surface area contributed by atoms with Crippen LogP contribution >= 0.6 is 0 Å². The molecule has 0 saturated heterocycles. The zero-order chi connectivity index (χ0) is 29.3. The maximum atomic E-state index is 12.5. The van der Waals surface area contributed by atoms with Crippen molar-refractivity contribution in [2.24, 2.45) is 16.8 Å². The molecule has 2 aliphatic carbocycles. The molecule has 2 saturated carbocycles. The highest BCUT2D eigenvalue weighted by atomic mass is 28.5. The molecule has 0 bridgehead atoms. The molecule has 8 nitrogen and oxygen atoms in total. The fourth-order valence-electron chi connectivity index (χ4n) is 6.41. The third-order valence-electron chi connectivity index (χ3n) is 7.43. The summed E-state index contributed by atoms with van der Waals surface area (Å²) in [7, 11) is -8.35. The normalized spacial score (nSPS) is 26.3. The number of amides is 1. The van der Waals surface area contributed by atoms with E-state index in [0.717, 1.165) is 62.8 Å². The second kappa shape index (κ2) is 15.0. The summed E-state index contributed by atoms with van der Waals surface area (Å²) in [6.45, 7) is 20.0. The predicted octanol–water partition coefficient (Wildman–Crippen LogP) is 7.44. The number of rotatable bonds is 14. The van der Waals surface area contributed by atoms with Crippen LogP contribution in [0.3, 0.4) is 0 Å². The fraction of sp³-hybridized carbons (Fsp3) is 0.926. The van der Waals surface area contributed by atoms with Gasteiger partial charge >= 0.3 is 23.2 Å². The van der Waals surface area contributed by atoms with Gasteiger partial charge in [-0.1, -0.05) is 0 Å². The van der Waals surface area contributed by atoms with Crippen LogP contribution in [0.15, 0.2) is 4.99 Å². The number of carbonyl (C=O) groups is 1. The molecule has 1 unspecified atom stereocenters. The minimum Gasteiger partial charge on any atom is -0.450 e. The Labute approximate surface area is 242 Å². The van der Waals surface area contributed by atoms with Gasteiger partial charge < -0.3 is 22.4 Å². The Morgan fingerprint density at radius 1 is 0.795 bits per heavy atom. The van der Waals surface area contributed by atoms with Crippen LogP contribution in [-0.4, -0.2) is 64.6 Å². The Morgan fingerprint density at radius 2 is 1.33 bits per heavy atom. The van der Waals surface area contributed by atoms with E-state index < -0.39 is 33.8 Å². The largest absolute Gasteiger partial charge is 0.450 e. The fourth-order valence-corrected chi connectivity index (χ4v) is 24.3. The van der Waals surface area contributed by atoms with Crippen LogP contribution in [-0.2, 0) is 21.9 Å². The average molecular weight is 617 g/mol. The summed E-state index contributed by atoms with van der Waals surface area (Å²) in [6, 6.07) is 1.18. The van der Waals surface area contributed by atoms with Crippen molar-refractivity contribution in [2.75, 3.05) is 6.61 Å². The Balaban J connectivity index is 1.71. The van der Waals surface area contributed by atoms with Crippen LogP contribution in [0, 0.1) is 11.8 Å². The minimum absolute atomic E-state index is 0.193. The summed E-state index contributed by atoms with van der Waals surface area (Å²) in [5, 5.41) is 3.10. The summed E-state index contributed by atoms with van der Waals surface area (Å²) < 4.78 is 25.4. The smallest absolute Gasteiger partial charge is 0.407 e. The van der Waals surface area contributed by atoms with E-state index in [1.807, 2.05) is 0 Å². The maximum absolute atomic E-state index is 12.5. The molecule has 1 atom stereocenters. The van der Waals surface area contributed by atoms with E-state index in [-0.39, 0.29) is 18.2 Å². The molecular weight excluding hydrogens is 561 g/mol. The molecule has 0 heterocycles. The van der Waals surface area contributed by atoms with Gasteiger partial charge in [0.15, 0.2) is 16.6 Å². The lowest BCUT2D eigenvalue weighted by molar-refractivity contribution is 0.134. The van der Waals surface area contributed by atoms with Gasteiger partial charge in [-0.2, -0.15) is 0 Å². The Hall–Kier alpha value is -0.602. The average Bonchev–Trinajstić information content (AvgIpc) is 2.76. The van der Waals surface area contributed by atoms with Gasteiger partial charge in [0.25, 0.3) is 0 Å². The highest BCUT2D eigenvalue weighted by molar-refractivity contribution is 6.89. The Bertz CT molecular complexity index is 812. The molecule has 0 aliphatic heterocycles. The zero-order valence-electron chi connectivity index (χ0n) is 26.2. The molecule has 0 spiro atoms. The third kappa shape index (κ3) is 14.7. The lowest BCUT2D eigenvalue weighted by Crippen LogP contribution is -2.56. The molecule has 2 fully saturated rings. The minimum atomic E-state index is -2.48. The predicted molar refractivity (Wildman–Crippen MR) is 167 cm³/mol. The van der Waals surface area contributed by atoms with Gasteiger partial charge in [-0.05, 0) is 141 Å². The molecule has 39 heavy (non-hydrogen) atoms. The van der Waals surface area contributed by atoms with E-state index in [2.05, 4.69) is 69.2 Å². The highest BCUT2D eigenvalue weighted by Gasteiger charge is 2.44. The summed E-state index contributed by atoms with van der Waals surface area (Å²) in [6.07, 6.45) is 12.1. The van der Waals surface area contributed by atoms with Crippen molar-refractivity contribution >= 4 is 45.9 Å². The molecule has 2 rings (SSSR count). The van der Waals surface area contributed by atoms with Gasteiger partial charge in [0.05, 0.1) is 12.6 Å². The number of hydrogen-bond acceptors (Lipinski definition) is 7. The van der Waals surface area contributed by atoms with E-state index in [9.17, 15) is 9.59 Å². The number of ether oxygens (including phenoxy) is 1. The topological polar surface area (TPSA) is 95.5 Å². The van der Waals surface area contributed by atoms with E-state index in [1.165, 1.54) is 19.3 Å². The first-order valence-corrected chi connectivity index (χ1v) is 27.2. The highest BCUT2D eigenvalue weighted by Crippen LogP contribution is 2.36. The van der Waals surface area contributed by atoms with Crippen LogP contribution in [0.4, 0.5) is 4.79 Å². The van der Waals surface area contributed by atoms with E-state index >= 15 is 0 Å². The number of nitrogens with zero attached hydrogens (tertiary/aromatic N) is 1. The van der Waals surface area contributed by atoms with Crippen molar-refractivity contribution in [2.45, 2.75) is 141 Å². The summed E-state index contributed by atoms with van der Waals surface area (Å²) in [5.74, 6) is 1.49. The first-order valence-electron chi connectivity index (χ1n) is 15.1. The molecule has 2 aliphatic rings. The number of nitrogens with one attached hydrogen (secondary N) is 1. The Kier molecular flexibility index (Phi) is 13.3. The van der Waals surface area contributed by atoms with Crippen molar-refractivity contribution in [3.63, 3.8) is 0 Å². The van der Waals surface area contributed by atoms with Crippen molar-refractivity contribution in [3.8, 4) is 0 Å². The standard InChI is InChI=1S/C27H56N2O6Si4/c1-36(2,3)33-38(7,8)35-39(9,34-37(4,5)6)20-10-19-32-27(31)29-26-17-13-24(14-18-26)21-23-11-15-25(16-12-23)28-22-30/h23-26H,10-21H2,1-9H3,(H,29,31). The van der Waals surface area contributed by atoms with Crippen molar-refractivity contribution in [1.29, 1.82) is 0 Å². The quantitative estimate of drug-likeness (QED) is 0.0943. The molecule has 0 aromatic carbocycles. The third-order valence-corrected chi connectivity index (χ3v) is 21.0. The lowest BCUT2D eigenvalue weighted by atomic mass is 9.76. The summed E-state index contributed by atoms with van der Waals surface area (Å²) >= 11 is 0. The van der Waals surface area contributed by atoms with Gasteiger partial charge in [-0.25, -0.2) is 14.6 Å². The molecule has 1 amide bonds. The molecule has 0 radical (unpaired) electrons. The van der Waals surface area contributed by atoms with Gasteiger partial charge in [-0.15, -0.1) is 0 Å². The van der Waals surface area contributed by atoms with Gasteiger partial charge in [-0.3, -0.25) is 0 Å². The van der Waals surface area contributed by atoms with Crippen molar-refractivity contribution < 1.29 is 26.7 Å². The van der Waals surface area contributed by atoms with E-state index in [1.54, 1.807) is 6.08 Å². The molecule has 226 valence electrons. The second-order valence-electron chi connectivity index (χ2n) is 14.3. The van der Waals surface area contributed by atoms with Crippen LogP contribution in [0.25, 0.3) is 0 Å². The van der Waals surface area contributed by atoms with Gasteiger partial charge in [0.1, 0.15) is 0 Å². The number of alkyl carbamates (subject to hydrolysis) is 1. The Morgan fingerprint density at radius 3 is 1.85 bits per heavy atom. The van der Waals surface area contributed by atoms with Crippen LogP contribution in [0.5, 0.6) is 0 Å². The van der Waals surface area contributed by atoms with E-state index in [4.69, 9.17) is 17.1 Å². The van der Waals surface area contributed by atoms with Crippen LogP contribution in [0.2, 0.25) is 65.0 Å². The molecular formula is C27H56N2O6Si4. The monoisotopic (exact) mass is 616 g/mol. The van der Waals surface area contributed by atoms with Crippen LogP contribution in [0.1, 0.15) is 64.2 Å². The van der Waals surface area contributed by atoms with Crippen molar-refractivity contribution in [1.82, 2.24) is 5.32 Å². The summed E-state index contributed by atoms with van der Waals surface area (Å²) in [5.41, 5.74) is 0. The van der Waals surface area contributed by atoms with Crippen LogP contribution < -0.4 is 5.32 Å². The summed E-state index contributed by atoms with van der Waals surface area (Å²) in [4.78, 5) is 26.9. The zero-order valence-corrected chi connectivity index (χ0v) is 30.2. The van der Waals surface area contributed by atoms with E-state index in [0.29, 0.717) is 6.61 Å². The first-order chi connectivity index (χ1) is 18.0. The number of hydrogen-bond donors (Lipinski definition) is 1. The number of aliphatic imine (C=N–C) groups is 1. The number of carbonyl (C=O) groups excluding carboxylic acids is 2. The van der Waals surface area contributed by atoms with Gasteiger partial charge in [0, 0.05) is 6.04 Å². The molecule has 1 N–H and O–H groups in total. The lowest BCUT2D eigenvalue weighted by Gasteiger charge is -2.41.